The molecule has 17 heavy (non-hydrogen) atoms. The minimum absolute atomic E-state index is 0.421. The lowest BCUT2D eigenvalue weighted by Crippen LogP contribution is -2.19. The van der Waals surface area contributed by atoms with Crippen LogP contribution in [0.3, 0.4) is 0 Å². The summed E-state index contributed by atoms with van der Waals surface area (Å²) < 4.78 is -0.736. The first-order valence-electron chi connectivity index (χ1n) is 6.21. The van der Waals surface area contributed by atoms with E-state index in [-0.39, 0.29) is 0 Å². The molecular formula is C12H24O3S2. The molecule has 0 aromatic heterocycles. The molecule has 5 heteroatoms. The Kier molecular flexibility index (Phi) is 10.2. The summed E-state index contributed by atoms with van der Waals surface area (Å²) in [6.07, 6.45) is 4.95. The molecule has 0 radical (unpaired) electrons. The van der Waals surface area contributed by atoms with E-state index in [0.29, 0.717) is 11.7 Å². The van der Waals surface area contributed by atoms with Gasteiger partial charge in [-0.05, 0) is 12.3 Å². The number of hydrogen-bond donors (Lipinski definition) is 3. The van der Waals surface area contributed by atoms with Crippen LogP contribution in [0, 0.1) is 5.92 Å². The number of carbonyl (C=O) groups is 1. The van der Waals surface area contributed by atoms with E-state index < -0.39 is 16.7 Å². The number of carboxylic acids is 1. The lowest BCUT2D eigenvalue weighted by atomic mass is 9.94. The van der Waals surface area contributed by atoms with Crippen molar-refractivity contribution < 1.29 is 15.0 Å². The fourth-order valence-electron chi connectivity index (χ4n) is 1.71. The maximum atomic E-state index is 10.6. The molecule has 0 aliphatic carbocycles. The van der Waals surface area contributed by atoms with Crippen LogP contribution in [0.25, 0.3) is 0 Å². The zero-order valence-electron chi connectivity index (χ0n) is 10.6. The lowest BCUT2D eigenvalue weighted by molar-refractivity contribution is -0.134. The lowest BCUT2D eigenvalue weighted by Gasteiger charge is -2.19. The molecule has 0 fully saturated rings. The van der Waals surface area contributed by atoms with Crippen molar-refractivity contribution >= 4 is 30.4 Å². The number of aliphatic hydroxyl groups excluding tert-OH is 1. The summed E-state index contributed by atoms with van der Waals surface area (Å²) in [5.41, 5.74) is 0. The summed E-state index contributed by atoms with van der Waals surface area (Å²) >= 11 is 5.11. The molecule has 0 aromatic carbocycles. The Hall–Kier alpha value is 0.130. The second kappa shape index (κ2) is 10.1. The number of carboxylic acid groups (broad SMARTS) is 1. The van der Waals surface area contributed by atoms with Crippen LogP contribution < -0.4 is 0 Å². The summed E-state index contributed by atoms with van der Waals surface area (Å²) in [4.78, 5) is 10.6. The van der Waals surface area contributed by atoms with E-state index >= 15 is 0 Å². The number of hydrogen-bond acceptors (Lipinski definition) is 4. The van der Waals surface area contributed by atoms with Gasteiger partial charge >= 0.3 is 5.97 Å². The molecule has 0 aliphatic heterocycles. The standard InChI is InChI=1S/C12H24O3S2/c1-3-5-6-9(4-2)7-10(13)8-17-12(16)11(14)15/h9-10,12-13,16H,3-8H2,1-2H3,(H,14,15). The van der Waals surface area contributed by atoms with E-state index in [1.54, 1.807) is 0 Å². The first-order chi connectivity index (χ1) is 8.01. The second-order valence-electron chi connectivity index (χ2n) is 4.33. The number of aliphatic carboxylic acids is 1. The maximum absolute atomic E-state index is 10.6. The fourth-order valence-corrected chi connectivity index (χ4v) is 2.65. The highest BCUT2D eigenvalue weighted by Crippen LogP contribution is 2.22. The Bertz CT molecular complexity index is 212. The van der Waals surface area contributed by atoms with Crippen molar-refractivity contribution in [3.05, 3.63) is 0 Å². The van der Waals surface area contributed by atoms with E-state index in [1.165, 1.54) is 24.6 Å². The molecule has 0 spiro atoms. The minimum Gasteiger partial charge on any atom is -0.480 e. The highest BCUT2D eigenvalue weighted by Gasteiger charge is 2.17. The molecule has 0 saturated heterocycles. The molecule has 2 N–H and O–H groups in total. The van der Waals surface area contributed by atoms with E-state index in [0.717, 1.165) is 19.3 Å². The molecule has 0 amide bonds. The number of thioether (sulfide) groups is 1. The van der Waals surface area contributed by atoms with E-state index in [9.17, 15) is 9.90 Å². The van der Waals surface area contributed by atoms with Gasteiger partial charge in [0, 0.05) is 5.75 Å². The van der Waals surface area contributed by atoms with Gasteiger partial charge < -0.3 is 10.2 Å². The summed E-state index contributed by atoms with van der Waals surface area (Å²) in [5, 5.41) is 18.5. The van der Waals surface area contributed by atoms with Crippen LogP contribution >= 0.6 is 24.4 Å². The topological polar surface area (TPSA) is 57.5 Å². The van der Waals surface area contributed by atoms with E-state index in [4.69, 9.17) is 5.11 Å². The quantitative estimate of drug-likeness (QED) is 0.425. The van der Waals surface area contributed by atoms with Gasteiger partial charge in [0.2, 0.25) is 0 Å². The molecule has 0 aromatic rings. The third kappa shape index (κ3) is 8.80. The molecule has 0 aliphatic rings. The Labute approximate surface area is 114 Å². The summed E-state index contributed by atoms with van der Waals surface area (Å²) in [5.74, 6) is 0.0561. The van der Waals surface area contributed by atoms with Crippen LogP contribution in [0.15, 0.2) is 0 Å². The number of rotatable bonds is 10. The van der Waals surface area contributed by atoms with Gasteiger partial charge in [0.15, 0.2) is 0 Å². The van der Waals surface area contributed by atoms with E-state index in [1.807, 2.05) is 0 Å². The Morgan fingerprint density at radius 3 is 2.53 bits per heavy atom. The summed E-state index contributed by atoms with van der Waals surface area (Å²) in [7, 11) is 0. The normalized spacial score (nSPS) is 16.5. The summed E-state index contributed by atoms with van der Waals surface area (Å²) in [6, 6.07) is 0. The van der Waals surface area contributed by atoms with Crippen molar-refractivity contribution in [3.8, 4) is 0 Å². The van der Waals surface area contributed by atoms with Crippen molar-refractivity contribution in [2.45, 2.75) is 56.6 Å². The van der Waals surface area contributed by atoms with Gasteiger partial charge in [-0.2, -0.15) is 12.6 Å². The van der Waals surface area contributed by atoms with Crippen molar-refractivity contribution in [1.29, 1.82) is 0 Å². The molecular weight excluding hydrogens is 256 g/mol. The Balaban J connectivity index is 3.81. The first kappa shape index (κ1) is 17.1. The SMILES string of the molecule is CCCCC(CC)CC(O)CSC(S)C(=O)O. The van der Waals surface area contributed by atoms with Gasteiger partial charge in [0.25, 0.3) is 0 Å². The van der Waals surface area contributed by atoms with E-state index in [2.05, 4.69) is 26.5 Å². The molecule has 0 heterocycles. The van der Waals surface area contributed by atoms with Gasteiger partial charge in [-0.25, -0.2) is 0 Å². The average Bonchev–Trinajstić information content (AvgIpc) is 2.31. The van der Waals surface area contributed by atoms with Gasteiger partial charge in [-0.1, -0.05) is 39.5 Å². The molecule has 0 rings (SSSR count). The van der Waals surface area contributed by atoms with Crippen LogP contribution in [0.1, 0.15) is 46.0 Å². The molecule has 0 bridgehead atoms. The van der Waals surface area contributed by atoms with Crippen molar-refractivity contribution in [2.75, 3.05) is 5.75 Å². The zero-order chi connectivity index (χ0) is 13.3. The Morgan fingerprint density at radius 2 is 2.06 bits per heavy atom. The summed E-state index contributed by atoms with van der Waals surface area (Å²) in [6.45, 7) is 4.30. The van der Waals surface area contributed by atoms with Crippen molar-refractivity contribution in [3.63, 3.8) is 0 Å². The first-order valence-corrected chi connectivity index (χ1v) is 7.78. The fraction of sp³-hybridized carbons (Fsp3) is 0.917. The zero-order valence-corrected chi connectivity index (χ0v) is 12.3. The highest BCUT2D eigenvalue weighted by molar-refractivity contribution is 8.11. The predicted octanol–water partition coefficient (Wildman–Crippen LogP) is 3.03. The molecule has 3 nitrogen and oxygen atoms in total. The Morgan fingerprint density at radius 1 is 1.41 bits per heavy atom. The van der Waals surface area contributed by atoms with Crippen LogP contribution in [0.5, 0.6) is 0 Å². The average molecular weight is 280 g/mol. The maximum Gasteiger partial charge on any atom is 0.326 e. The van der Waals surface area contributed by atoms with Gasteiger partial charge in [-0.3, -0.25) is 4.79 Å². The molecule has 102 valence electrons. The predicted molar refractivity (Wildman–Crippen MR) is 76.8 cm³/mol. The third-order valence-electron chi connectivity index (χ3n) is 2.81. The number of aliphatic hydroxyl groups is 1. The number of unbranched alkanes of at least 4 members (excludes halogenated alkanes) is 1. The van der Waals surface area contributed by atoms with Crippen LogP contribution in [-0.2, 0) is 4.79 Å². The van der Waals surface area contributed by atoms with Gasteiger partial charge in [-0.15, -0.1) is 11.8 Å². The third-order valence-corrected chi connectivity index (χ3v) is 4.57. The van der Waals surface area contributed by atoms with Crippen molar-refractivity contribution in [1.82, 2.24) is 0 Å². The largest absolute Gasteiger partial charge is 0.480 e. The minimum atomic E-state index is -0.941. The van der Waals surface area contributed by atoms with Crippen LogP contribution in [0.4, 0.5) is 0 Å². The number of thiol groups is 1. The second-order valence-corrected chi connectivity index (χ2v) is 6.33. The molecule has 0 saturated carbocycles. The molecule has 3 atom stereocenters. The monoisotopic (exact) mass is 280 g/mol. The highest BCUT2D eigenvalue weighted by atomic mass is 32.2. The molecule has 3 unspecified atom stereocenters. The van der Waals surface area contributed by atoms with Crippen LogP contribution in [-0.4, -0.2) is 32.6 Å². The van der Waals surface area contributed by atoms with Gasteiger partial charge in [0.1, 0.15) is 4.58 Å². The van der Waals surface area contributed by atoms with Crippen LogP contribution in [0.2, 0.25) is 0 Å². The van der Waals surface area contributed by atoms with Crippen molar-refractivity contribution in [2.24, 2.45) is 5.92 Å². The smallest absolute Gasteiger partial charge is 0.326 e. The van der Waals surface area contributed by atoms with Gasteiger partial charge in [0.05, 0.1) is 6.10 Å².